The van der Waals surface area contributed by atoms with Gasteiger partial charge in [-0.3, -0.25) is 9.59 Å². The Balaban J connectivity index is 1.12. The number of benzene rings is 4. The van der Waals surface area contributed by atoms with Crippen LogP contribution in [0.2, 0.25) is 0 Å². The van der Waals surface area contributed by atoms with Crippen molar-refractivity contribution in [2.45, 2.75) is 130 Å². The van der Waals surface area contributed by atoms with E-state index in [4.69, 9.17) is 18.9 Å². The zero-order valence-corrected chi connectivity index (χ0v) is 33.6. The number of rotatable bonds is 23. The molecule has 0 fully saturated rings. The first-order valence-electron chi connectivity index (χ1n) is 20.4. The van der Waals surface area contributed by atoms with Crippen molar-refractivity contribution in [3.8, 4) is 33.8 Å². The van der Waals surface area contributed by atoms with Crippen LogP contribution in [0.3, 0.4) is 0 Å². The third-order valence-corrected chi connectivity index (χ3v) is 9.64. The number of carbonyl (C=O) groups is 4. The molecule has 4 rings (SSSR count). The Morgan fingerprint density at radius 2 is 0.750 bits per heavy atom. The summed E-state index contributed by atoms with van der Waals surface area (Å²) >= 11 is 0. The Labute approximate surface area is 332 Å². The molecule has 298 valence electrons. The number of unbranched alkanes of at least 4 members (excludes halogenated alkanes) is 7. The molecule has 0 saturated carbocycles. The second-order valence-electron chi connectivity index (χ2n) is 14.5. The molecule has 0 aliphatic carbocycles. The van der Waals surface area contributed by atoms with Crippen LogP contribution in [0.25, 0.3) is 22.3 Å². The minimum Gasteiger partial charge on any atom is -0.459 e. The van der Waals surface area contributed by atoms with Gasteiger partial charge in [-0.25, -0.2) is 9.59 Å². The number of hydrogen-bond acceptors (Lipinski definition) is 8. The van der Waals surface area contributed by atoms with Crippen molar-refractivity contribution in [3.63, 3.8) is 0 Å². The van der Waals surface area contributed by atoms with E-state index in [1.54, 1.807) is 48.5 Å². The lowest BCUT2D eigenvalue weighted by Crippen LogP contribution is -2.15. The largest absolute Gasteiger partial charge is 0.459 e. The molecule has 0 saturated heterocycles. The Kier molecular flexibility index (Phi) is 18.3. The fraction of sp³-hybridized carbons (Fsp3) is 0.417. The maximum atomic E-state index is 12.6. The van der Waals surface area contributed by atoms with Crippen LogP contribution in [0.5, 0.6) is 11.5 Å². The van der Waals surface area contributed by atoms with Crippen LogP contribution in [0, 0.1) is 0 Å². The minimum absolute atomic E-state index is 0.113. The second-order valence-corrected chi connectivity index (χ2v) is 14.5. The van der Waals surface area contributed by atoms with Crippen LogP contribution >= 0.6 is 0 Å². The summed E-state index contributed by atoms with van der Waals surface area (Å²) < 4.78 is 22.2. The summed E-state index contributed by atoms with van der Waals surface area (Å²) in [5.74, 6) is -0.508. The van der Waals surface area contributed by atoms with Gasteiger partial charge in [0.25, 0.3) is 0 Å². The summed E-state index contributed by atoms with van der Waals surface area (Å²) in [6.45, 7) is 8.23. The van der Waals surface area contributed by atoms with Gasteiger partial charge in [-0.2, -0.15) is 0 Å². The summed E-state index contributed by atoms with van der Waals surface area (Å²) in [6.07, 6.45) is 12.0. The molecule has 8 nitrogen and oxygen atoms in total. The smallest absolute Gasteiger partial charge is 0.338 e. The highest BCUT2D eigenvalue weighted by molar-refractivity contribution is 5.91. The monoisotopic (exact) mass is 762 g/mol. The predicted octanol–water partition coefficient (Wildman–Crippen LogP) is 12.1. The van der Waals surface area contributed by atoms with Gasteiger partial charge in [0.1, 0.15) is 11.5 Å². The number of esters is 4. The molecule has 0 aromatic heterocycles. The first-order valence-corrected chi connectivity index (χ1v) is 20.4. The molecule has 56 heavy (non-hydrogen) atoms. The second kappa shape index (κ2) is 23.6. The average Bonchev–Trinajstić information content (AvgIpc) is 3.20. The quantitative estimate of drug-likeness (QED) is 0.0418. The number of hydrogen-bond donors (Lipinski definition) is 0. The topological polar surface area (TPSA) is 105 Å². The van der Waals surface area contributed by atoms with Gasteiger partial charge >= 0.3 is 23.9 Å². The molecule has 0 aliphatic rings. The third-order valence-electron chi connectivity index (χ3n) is 9.64. The van der Waals surface area contributed by atoms with Crippen molar-refractivity contribution in [3.05, 3.63) is 108 Å². The van der Waals surface area contributed by atoms with Gasteiger partial charge in [-0.15, -0.1) is 0 Å². The maximum Gasteiger partial charge on any atom is 0.338 e. The average molecular weight is 763 g/mol. The summed E-state index contributed by atoms with van der Waals surface area (Å²) in [6, 6.07) is 29.0. The summed E-state index contributed by atoms with van der Waals surface area (Å²) in [4.78, 5) is 50.0. The van der Waals surface area contributed by atoms with Crippen molar-refractivity contribution in [2.75, 3.05) is 0 Å². The molecule has 4 aromatic rings. The summed E-state index contributed by atoms with van der Waals surface area (Å²) in [5.41, 5.74) is 4.73. The molecule has 4 aromatic carbocycles. The van der Waals surface area contributed by atoms with Gasteiger partial charge in [-0.05, 0) is 123 Å². The Hall–Kier alpha value is -5.24. The van der Waals surface area contributed by atoms with E-state index >= 15 is 0 Å². The van der Waals surface area contributed by atoms with Gasteiger partial charge < -0.3 is 18.9 Å². The predicted molar refractivity (Wildman–Crippen MR) is 221 cm³/mol. The fourth-order valence-electron chi connectivity index (χ4n) is 6.27. The van der Waals surface area contributed by atoms with Crippen LogP contribution in [-0.2, 0) is 19.1 Å². The molecule has 0 heterocycles. The first-order chi connectivity index (χ1) is 27.1. The molecule has 0 spiro atoms. The zero-order valence-electron chi connectivity index (χ0n) is 33.6. The molecule has 2 atom stereocenters. The lowest BCUT2D eigenvalue weighted by atomic mass is 10.0. The van der Waals surface area contributed by atoms with E-state index in [-0.39, 0.29) is 48.9 Å². The van der Waals surface area contributed by atoms with E-state index in [0.29, 0.717) is 35.5 Å². The number of ether oxygens (including phenoxy) is 4. The van der Waals surface area contributed by atoms with Crippen molar-refractivity contribution in [1.82, 2.24) is 0 Å². The standard InChI is InChI=1S/C48H58O8/c1-5-7-9-11-15-35(3)53-47(51)41-23-19-37(20-24-41)39-27-31-43(32-28-39)55-45(49)17-13-14-18-46(50)56-44-33-29-40(30-34-44)38-21-25-42(26-22-38)48(52)54-36(4)16-12-10-8-6-2/h19-36H,5-18H2,1-4H3. The van der Waals surface area contributed by atoms with E-state index in [1.807, 2.05) is 62.4 Å². The Morgan fingerprint density at radius 1 is 0.429 bits per heavy atom. The highest BCUT2D eigenvalue weighted by atomic mass is 16.6. The highest BCUT2D eigenvalue weighted by Crippen LogP contribution is 2.26. The molecule has 8 heteroatoms. The fourth-order valence-corrected chi connectivity index (χ4v) is 6.27. The Bertz CT molecular complexity index is 1660. The zero-order chi connectivity index (χ0) is 40.1. The van der Waals surface area contributed by atoms with E-state index in [1.165, 1.54) is 25.7 Å². The normalized spacial score (nSPS) is 12.0. The van der Waals surface area contributed by atoms with Gasteiger partial charge in [0.2, 0.25) is 0 Å². The van der Waals surface area contributed by atoms with Crippen molar-refractivity contribution < 1.29 is 38.1 Å². The van der Waals surface area contributed by atoms with Crippen molar-refractivity contribution in [1.29, 1.82) is 0 Å². The summed E-state index contributed by atoms with van der Waals surface area (Å²) in [5, 5.41) is 0. The van der Waals surface area contributed by atoms with Gasteiger partial charge in [0.05, 0.1) is 23.3 Å². The summed E-state index contributed by atoms with van der Waals surface area (Å²) in [7, 11) is 0. The van der Waals surface area contributed by atoms with E-state index in [0.717, 1.165) is 60.8 Å². The van der Waals surface area contributed by atoms with Crippen LogP contribution in [0.4, 0.5) is 0 Å². The third kappa shape index (κ3) is 15.1. The number of carbonyl (C=O) groups excluding carboxylic acids is 4. The molecule has 2 unspecified atom stereocenters. The van der Waals surface area contributed by atoms with Crippen LogP contribution in [0.1, 0.15) is 138 Å². The lowest BCUT2D eigenvalue weighted by Gasteiger charge is -2.13. The van der Waals surface area contributed by atoms with Gasteiger partial charge in [0, 0.05) is 12.8 Å². The molecule has 0 bridgehead atoms. The molecular weight excluding hydrogens is 705 g/mol. The molecule has 0 amide bonds. The van der Waals surface area contributed by atoms with Crippen LogP contribution in [0.15, 0.2) is 97.1 Å². The van der Waals surface area contributed by atoms with Crippen LogP contribution < -0.4 is 9.47 Å². The Morgan fingerprint density at radius 3 is 1.07 bits per heavy atom. The first kappa shape index (κ1) is 43.5. The maximum absolute atomic E-state index is 12.6. The van der Waals surface area contributed by atoms with Gasteiger partial charge in [0.15, 0.2) is 0 Å². The van der Waals surface area contributed by atoms with E-state index < -0.39 is 0 Å². The molecular formula is C48H58O8. The van der Waals surface area contributed by atoms with Crippen molar-refractivity contribution >= 4 is 23.9 Å². The SMILES string of the molecule is CCCCCCC(C)OC(=O)c1ccc(-c2ccc(OC(=O)CCCCC(=O)Oc3ccc(-c4ccc(C(=O)OC(C)CCCCCC)cc4)cc3)cc2)cc1. The molecule has 0 radical (unpaired) electrons. The van der Waals surface area contributed by atoms with Crippen LogP contribution in [-0.4, -0.2) is 36.1 Å². The van der Waals surface area contributed by atoms with E-state index in [2.05, 4.69) is 13.8 Å². The van der Waals surface area contributed by atoms with E-state index in [9.17, 15) is 19.2 Å². The van der Waals surface area contributed by atoms with Gasteiger partial charge in [-0.1, -0.05) is 101 Å². The molecule has 0 N–H and O–H groups in total. The highest BCUT2D eigenvalue weighted by Gasteiger charge is 2.15. The minimum atomic E-state index is -0.374. The lowest BCUT2D eigenvalue weighted by molar-refractivity contribution is -0.136. The molecule has 0 aliphatic heterocycles. The van der Waals surface area contributed by atoms with Crippen molar-refractivity contribution in [2.24, 2.45) is 0 Å².